The van der Waals surface area contributed by atoms with Crippen LogP contribution in [0.3, 0.4) is 0 Å². The Morgan fingerprint density at radius 2 is 1.90 bits per heavy atom. The molecule has 2 N–H and O–H groups in total. The van der Waals surface area contributed by atoms with Crippen LogP contribution in [0.15, 0.2) is 12.1 Å². The second-order valence-electron chi connectivity index (χ2n) is 14.2. The number of aryl methyl sites for hydroxylation is 1. The summed E-state index contributed by atoms with van der Waals surface area (Å²) < 4.78 is 86.9. The topological polar surface area (TPSA) is 115 Å². The minimum atomic E-state index is -4.98. The minimum Gasteiger partial charge on any atom is -0.461 e. The number of nitrogen functional groups attached to an aromatic ring is 1. The number of halogens is 6. The summed E-state index contributed by atoms with van der Waals surface area (Å²) in [4.78, 5) is 28.5. The number of benzene rings is 1. The third kappa shape index (κ3) is 6.26. The van der Waals surface area contributed by atoms with Crippen LogP contribution in [-0.4, -0.2) is 86.5 Å². The van der Waals surface area contributed by atoms with Crippen LogP contribution in [0.5, 0.6) is 6.01 Å². The third-order valence-electron chi connectivity index (χ3n) is 10.9. The molecule has 5 aliphatic rings. The van der Waals surface area contributed by atoms with Gasteiger partial charge in [0.1, 0.15) is 18.6 Å². The predicted octanol–water partition coefficient (Wildman–Crippen LogP) is 5.48. The molecule has 3 aromatic rings. The maximum Gasteiger partial charge on any atom is 0.418 e. The van der Waals surface area contributed by atoms with Gasteiger partial charge in [0, 0.05) is 56.7 Å². The zero-order chi connectivity index (χ0) is 35.7. The first-order valence-corrected chi connectivity index (χ1v) is 17.8. The van der Waals surface area contributed by atoms with E-state index in [1.807, 2.05) is 9.58 Å². The molecule has 2 aromatic heterocycles. The predicted molar refractivity (Wildman–Crippen MR) is 176 cm³/mol. The fourth-order valence-corrected chi connectivity index (χ4v) is 8.80. The standard InChI is InChI=1S/C34H38ClF5N8O3/c35-22-12-23(41)29(37)27(28(22)34(38,39)40)26-13-24-21(17-50-26)30(43-32(42-24)51-18-33-5-3-9-47(33)15-19(36)14-33)46-8-4-10-48-20(16-46)11-25(44-48)31(49)45-6-1-2-7-45/h11-12,19,26H,1-10,13-18,41H2/t19-,26+,33+/m1/s1. The molecule has 0 radical (unpaired) electrons. The number of aromatic nitrogens is 4. The number of nitrogens with zero attached hydrogens (tertiary/aromatic N) is 7. The van der Waals surface area contributed by atoms with E-state index in [2.05, 4.69) is 15.0 Å². The molecule has 0 spiro atoms. The number of likely N-dealkylation sites (tertiary alicyclic amines) is 1. The van der Waals surface area contributed by atoms with E-state index >= 15 is 4.39 Å². The van der Waals surface area contributed by atoms with Crippen LogP contribution < -0.4 is 15.4 Å². The maximum atomic E-state index is 15.5. The molecule has 8 rings (SSSR count). The molecular weight excluding hydrogens is 699 g/mol. The summed E-state index contributed by atoms with van der Waals surface area (Å²) in [6.45, 7) is 3.82. The Balaban J connectivity index is 1.15. The molecule has 3 atom stereocenters. The van der Waals surface area contributed by atoms with E-state index in [9.17, 15) is 22.4 Å². The van der Waals surface area contributed by atoms with E-state index in [1.165, 1.54) is 0 Å². The first kappa shape index (κ1) is 34.3. The summed E-state index contributed by atoms with van der Waals surface area (Å²) >= 11 is 6.00. The second-order valence-corrected chi connectivity index (χ2v) is 14.6. The zero-order valence-electron chi connectivity index (χ0n) is 27.8. The highest BCUT2D eigenvalue weighted by Crippen LogP contribution is 2.46. The lowest BCUT2D eigenvalue weighted by molar-refractivity contribution is -0.140. The van der Waals surface area contributed by atoms with Gasteiger partial charge in [0.25, 0.3) is 5.91 Å². The van der Waals surface area contributed by atoms with Crippen LogP contribution >= 0.6 is 11.6 Å². The minimum absolute atomic E-state index is 0.0160. The molecule has 11 nitrogen and oxygen atoms in total. The molecular formula is C34H38ClF5N8O3. The van der Waals surface area contributed by atoms with Crippen LogP contribution in [0.2, 0.25) is 5.02 Å². The van der Waals surface area contributed by atoms with E-state index in [0.717, 1.165) is 44.0 Å². The van der Waals surface area contributed by atoms with Gasteiger partial charge in [-0.2, -0.15) is 28.2 Å². The number of hydrogen-bond acceptors (Lipinski definition) is 9. The summed E-state index contributed by atoms with van der Waals surface area (Å²) in [5.41, 5.74) is 4.61. The largest absolute Gasteiger partial charge is 0.461 e. The number of anilines is 2. The molecule has 3 saturated heterocycles. The molecule has 7 heterocycles. The fraction of sp³-hybridized carbons (Fsp3) is 0.588. The first-order chi connectivity index (χ1) is 24.4. The Morgan fingerprint density at radius 1 is 1.10 bits per heavy atom. The summed E-state index contributed by atoms with van der Waals surface area (Å²) in [6.07, 6.45) is -3.06. The van der Waals surface area contributed by atoms with Crippen LogP contribution in [0.1, 0.15) is 83.2 Å². The number of carbonyl (C=O) groups is 1. The molecule has 1 aromatic carbocycles. The molecule has 5 aliphatic heterocycles. The molecule has 17 heteroatoms. The number of amides is 1. The van der Waals surface area contributed by atoms with Crippen molar-refractivity contribution in [2.75, 3.05) is 50.0 Å². The van der Waals surface area contributed by atoms with Crippen molar-refractivity contribution in [3.8, 4) is 6.01 Å². The van der Waals surface area contributed by atoms with Gasteiger partial charge in [-0.3, -0.25) is 14.4 Å². The van der Waals surface area contributed by atoms with Gasteiger partial charge in [0.15, 0.2) is 11.5 Å². The van der Waals surface area contributed by atoms with Crippen LogP contribution in [0.25, 0.3) is 0 Å². The van der Waals surface area contributed by atoms with Gasteiger partial charge in [-0.25, -0.2) is 8.78 Å². The Morgan fingerprint density at radius 3 is 2.69 bits per heavy atom. The van der Waals surface area contributed by atoms with Crippen LogP contribution in [-0.2, 0) is 37.0 Å². The SMILES string of the molecule is Nc1cc(Cl)c(C(F)(F)F)c([C@@H]2Cc3nc(OC[C@@]45CCCN4C[C@H](F)C5)nc(N4CCCn5nc(C(=O)N6CCCC6)cc5C4)c3CO2)c1F. The van der Waals surface area contributed by atoms with E-state index in [1.54, 1.807) is 11.0 Å². The summed E-state index contributed by atoms with van der Waals surface area (Å²) in [5.74, 6) is -0.911. The Labute approximate surface area is 295 Å². The zero-order valence-corrected chi connectivity index (χ0v) is 28.6. The monoisotopic (exact) mass is 736 g/mol. The summed E-state index contributed by atoms with van der Waals surface area (Å²) in [5, 5.41) is 3.89. The molecule has 0 unspecified atom stereocenters. The average molecular weight is 737 g/mol. The van der Waals surface area contributed by atoms with Crippen molar-refractivity contribution in [2.24, 2.45) is 0 Å². The summed E-state index contributed by atoms with van der Waals surface area (Å²) in [6, 6.07) is 2.53. The van der Waals surface area contributed by atoms with Gasteiger partial charge in [0.2, 0.25) is 0 Å². The quantitative estimate of drug-likeness (QED) is 0.260. The number of carbonyl (C=O) groups excluding carboxylic acids is 1. The molecule has 274 valence electrons. The third-order valence-corrected chi connectivity index (χ3v) is 11.2. The van der Waals surface area contributed by atoms with Crippen molar-refractivity contribution in [3.63, 3.8) is 0 Å². The van der Waals surface area contributed by atoms with Crippen molar-refractivity contribution < 1.29 is 36.2 Å². The van der Waals surface area contributed by atoms with Crippen molar-refractivity contribution in [1.29, 1.82) is 0 Å². The van der Waals surface area contributed by atoms with Gasteiger partial charge in [-0.1, -0.05) is 11.6 Å². The van der Waals surface area contributed by atoms with Crippen molar-refractivity contribution >= 4 is 29.0 Å². The van der Waals surface area contributed by atoms with Gasteiger partial charge in [0.05, 0.1) is 52.5 Å². The van der Waals surface area contributed by atoms with Gasteiger partial charge < -0.3 is 25.0 Å². The van der Waals surface area contributed by atoms with E-state index in [0.29, 0.717) is 74.9 Å². The first-order valence-electron chi connectivity index (χ1n) is 17.4. The average Bonchev–Trinajstić information content (AvgIpc) is 3.87. The number of alkyl halides is 4. The Kier molecular flexibility index (Phi) is 8.77. The van der Waals surface area contributed by atoms with Crippen LogP contribution in [0, 0.1) is 5.82 Å². The number of nitrogens with two attached hydrogens (primary N) is 1. The molecule has 3 fully saturated rings. The Bertz CT molecular complexity index is 1850. The van der Waals surface area contributed by atoms with Crippen molar-refractivity contribution in [1.82, 2.24) is 29.5 Å². The molecule has 1 amide bonds. The smallest absolute Gasteiger partial charge is 0.418 e. The highest BCUT2D eigenvalue weighted by atomic mass is 35.5. The number of ether oxygens (including phenoxy) is 2. The number of rotatable bonds is 6. The number of fused-ring (bicyclic) bond motifs is 3. The maximum absolute atomic E-state index is 15.5. The molecule has 0 saturated carbocycles. The van der Waals surface area contributed by atoms with E-state index in [4.69, 9.17) is 31.8 Å². The Hall–Kier alpha value is -3.76. The fourth-order valence-electron chi connectivity index (χ4n) is 8.48. The van der Waals surface area contributed by atoms with E-state index < -0.39 is 51.6 Å². The van der Waals surface area contributed by atoms with Crippen molar-refractivity contribution in [2.45, 2.75) is 88.6 Å². The lowest BCUT2D eigenvalue weighted by atomic mass is 9.93. The highest BCUT2D eigenvalue weighted by molar-refractivity contribution is 6.31. The van der Waals surface area contributed by atoms with Gasteiger partial charge in [-0.15, -0.1) is 0 Å². The van der Waals surface area contributed by atoms with Gasteiger partial charge in [-0.05, 0) is 50.8 Å². The normalized spacial score (nSPS) is 25.1. The molecule has 0 aliphatic carbocycles. The molecule has 51 heavy (non-hydrogen) atoms. The highest BCUT2D eigenvalue weighted by Gasteiger charge is 2.49. The van der Waals surface area contributed by atoms with Crippen molar-refractivity contribution in [3.05, 3.63) is 56.7 Å². The van der Waals surface area contributed by atoms with Gasteiger partial charge >= 0.3 is 12.2 Å². The van der Waals surface area contributed by atoms with E-state index in [-0.39, 0.29) is 31.6 Å². The summed E-state index contributed by atoms with van der Waals surface area (Å²) in [7, 11) is 0. The number of hydrogen-bond donors (Lipinski definition) is 1. The second kappa shape index (κ2) is 13.0. The lowest BCUT2D eigenvalue weighted by Gasteiger charge is -2.33. The lowest BCUT2D eigenvalue weighted by Crippen LogP contribution is -2.43. The molecule has 0 bridgehead atoms. The van der Waals surface area contributed by atoms with Crippen LogP contribution in [0.4, 0.5) is 33.5 Å².